The summed E-state index contributed by atoms with van der Waals surface area (Å²) in [5, 5.41) is 0. The van der Waals surface area contributed by atoms with Gasteiger partial charge in [-0.05, 0) is 89.8 Å². The van der Waals surface area contributed by atoms with Gasteiger partial charge in [0.1, 0.15) is 0 Å². The molecule has 0 radical (unpaired) electrons. The van der Waals surface area contributed by atoms with E-state index in [4.69, 9.17) is 4.74 Å². The van der Waals surface area contributed by atoms with Gasteiger partial charge in [0, 0.05) is 19.3 Å². The van der Waals surface area contributed by atoms with Gasteiger partial charge in [0.25, 0.3) is 0 Å². The molecule has 3 rings (SSSR count). The second kappa shape index (κ2) is 9.71. The van der Waals surface area contributed by atoms with E-state index >= 15 is 0 Å². The van der Waals surface area contributed by atoms with E-state index in [1.807, 2.05) is 0 Å². The predicted octanol–water partition coefficient (Wildman–Crippen LogP) is 5.40. The maximum absolute atomic E-state index is 5.56. The molecule has 2 aliphatic heterocycles. The lowest BCUT2D eigenvalue weighted by Crippen LogP contribution is -2.42. The van der Waals surface area contributed by atoms with E-state index in [1.165, 1.54) is 68.3 Å². The summed E-state index contributed by atoms with van der Waals surface area (Å²) in [7, 11) is 0. The molecule has 2 aliphatic rings. The SMILES string of the molecule is CC(C)=CC(CCc1ccc(C)cc1)N1CCC(C2CCOCC2)CC1. The Morgan fingerprint density at radius 3 is 2.27 bits per heavy atom. The minimum Gasteiger partial charge on any atom is -0.381 e. The Morgan fingerprint density at radius 2 is 1.65 bits per heavy atom. The third-order valence-corrected chi connectivity index (χ3v) is 6.35. The molecular weight excluding hydrogens is 318 g/mol. The number of aryl methyl sites for hydroxylation is 2. The van der Waals surface area contributed by atoms with Gasteiger partial charge in [0.05, 0.1) is 0 Å². The molecule has 2 saturated heterocycles. The molecule has 26 heavy (non-hydrogen) atoms. The molecule has 2 fully saturated rings. The van der Waals surface area contributed by atoms with Gasteiger partial charge >= 0.3 is 0 Å². The zero-order valence-corrected chi connectivity index (χ0v) is 17.0. The molecule has 0 aromatic heterocycles. The second-order valence-corrected chi connectivity index (χ2v) is 8.66. The fourth-order valence-electron chi connectivity index (χ4n) is 4.74. The van der Waals surface area contributed by atoms with Gasteiger partial charge in [-0.2, -0.15) is 0 Å². The van der Waals surface area contributed by atoms with Crippen LogP contribution < -0.4 is 0 Å². The first-order valence-corrected chi connectivity index (χ1v) is 10.6. The van der Waals surface area contributed by atoms with Gasteiger partial charge in [-0.1, -0.05) is 41.5 Å². The minimum absolute atomic E-state index is 0.594. The number of ether oxygens (including phenoxy) is 1. The molecule has 1 aromatic carbocycles. The molecule has 0 N–H and O–H groups in total. The highest BCUT2D eigenvalue weighted by Gasteiger charge is 2.29. The maximum Gasteiger partial charge on any atom is 0.0468 e. The van der Waals surface area contributed by atoms with Gasteiger partial charge in [-0.15, -0.1) is 0 Å². The summed E-state index contributed by atoms with van der Waals surface area (Å²) in [5.74, 6) is 1.85. The summed E-state index contributed by atoms with van der Waals surface area (Å²) in [6, 6.07) is 9.67. The third kappa shape index (κ3) is 5.69. The molecular formula is C24H37NO. The van der Waals surface area contributed by atoms with E-state index in [1.54, 1.807) is 0 Å². The minimum atomic E-state index is 0.594. The first kappa shape index (κ1) is 19.6. The molecule has 144 valence electrons. The zero-order chi connectivity index (χ0) is 18.4. The maximum atomic E-state index is 5.56. The topological polar surface area (TPSA) is 12.5 Å². The van der Waals surface area contributed by atoms with Crippen molar-refractivity contribution in [1.29, 1.82) is 0 Å². The van der Waals surface area contributed by atoms with Crippen molar-refractivity contribution in [2.24, 2.45) is 11.8 Å². The number of piperidine rings is 1. The van der Waals surface area contributed by atoms with Crippen molar-refractivity contribution in [3.63, 3.8) is 0 Å². The molecule has 2 nitrogen and oxygen atoms in total. The lowest BCUT2D eigenvalue weighted by molar-refractivity contribution is 0.0270. The van der Waals surface area contributed by atoms with Crippen LogP contribution in [0.3, 0.4) is 0 Å². The summed E-state index contributed by atoms with van der Waals surface area (Å²) in [5.41, 5.74) is 4.27. The van der Waals surface area contributed by atoms with E-state index in [2.05, 4.69) is 56.0 Å². The molecule has 1 aromatic rings. The number of likely N-dealkylation sites (tertiary alicyclic amines) is 1. The molecule has 0 saturated carbocycles. The number of benzene rings is 1. The van der Waals surface area contributed by atoms with Crippen LogP contribution in [0.15, 0.2) is 35.9 Å². The molecule has 0 bridgehead atoms. The van der Waals surface area contributed by atoms with Crippen LogP contribution in [0.2, 0.25) is 0 Å². The molecule has 0 spiro atoms. The zero-order valence-electron chi connectivity index (χ0n) is 17.0. The molecule has 1 atom stereocenters. The van der Waals surface area contributed by atoms with E-state index in [9.17, 15) is 0 Å². The van der Waals surface area contributed by atoms with Crippen molar-refractivity contribution in [2.45, 2.75) is 65.3 Å². The Kier molecular flexibility index (Phi) is 7.33. The van der Waals surface area contributed by atoms with Crippen LogP contribution in [-0.2, 0) is 11.2 Å². The van der Waals surface area contributed by atoms with Crippen LogP contribution in [0.1, 0.15) is 57.1 Å². The molecule has 1 unspecified atom stereocenters. The van der Waals surface area contributed by atoms with Crippen molar-refractivity contribution in [3.05, 3.63) is 47.0 Å². The largest absolute Gasteiger partial charge is 0.381 e. The Bertz CT molecular complexity index is 558. The van der Waals surface area contributed by atoms with E-state index in [0.717, 1.165) is 25.0 Å². The number of hydrogen-bond acceptors (Lipinski definition) is 2. The number of allylic oxidation sites excluding steroid dienone is 1. The average Bonchev–Trinajstić information content (AvgIpc) is 2.67. The summed E-state index contributed by atoms with van der Waals surface area (Å²) in [4.78, 5) is 2.75. The second-order valence-electron chi connectivity index (χ2n) is 8.66. The smallest absolute Gasteiger partial charge is 0.0468 e. The third-order valence-electron chi connectivity index (χ3n) is 6.35. The fraction of sp³-hybridized carbons (Fsp3) is 0.667. The lowest BCUT2D eigenvalue weighted by atomic mass is 9.79. The average molecular weight is 356 g/mol. The Hall–Kier alpha value is -1.12. The highest BCUT2D eigenvalue weighted by atomic mass is 16.5. The van der Waals surface area contributed by atoms with E-state index in [-0.39, 0.29) is 0 Å². The van der Waals surface area contributed by atoms with Gasteiger partial charge in [0.15, 0.2) is 0 Å². The van der Waals surface area contributed by atoms with Crippen LogP contribution in [0.25, 0.3) is 0 Å². The Morgan fingerprint density at radius 1 is 1.04 bits per heavy atom. The van der Waals surface area contributed by atoms with Gasteiger partial charge < -0.3 is 4.74 Å². The molecule has 2 heteroatoms. The number of nitrogens with zero attached hydrogens (tertiary/aromatic N) is 1. The van der Waals surface area contributed by atoms with Crippen molar-refractivity contribution in [1.82, 2.24) is 4.90 Å². The van der Waals surface area contributed by atoms with Crippen LogP contribution in [-0.4, -0.2) is 37.2 Å². The number of hydrogen-bond donors (Lipinski definition) is 0. The van der Waals surface area contributed by atoms with Crippen LogP contribution in [0.5, 0.6) is 0 Å². The summed E-state index contributed by atoms with van der Waals surface area (Å²) in [6.45, 7) is 11.2. The van der Waals surface area contributed by atoms with Gasteiger partial charge in [-0.25, -0.2) is 0 Å². The fourth-order valence-corrected chi connectivity index (χ4v) is 4.74. The highest BCUT2D eigenvalue weighted by Crippen LogP contribution is 2.33. The Labute approximate surface area is 160 Å². The van der Waals surface area contributed by atoms with Gasteiger partial charge in [-0.3, -0.25) is 4.90 Å². The van der Waals surface area contributed by atoms with Crippen molar-refractivity contribution in [3.8, 4) is 0 Å². The Balaban J connectivity index is 1.54. The van der Waals surface area contributed by atoms with Crippen LogP contribution >= 0.6 is 0 Å². The van der Waals surface area contributed by atoms with Crippen molar-refractivity contribution in [2.75, 3.05) is 26.3 Å². The van der Waals surface area contributed by atoms with Crippen LogP contribution in [0, 0.1) is 18.8 Å². The molecule has 0 amide bonds. The highest BCUT2D eigenvalue weighted by molar-refractivity contribution is 5.21. The quantitative estimate of drug-likeness (QED) is 0.633. The van der Waals surface area contributed by atoms with E-state index < -0.39 is 0 Å². The van der Waals surface area contributed by atoms with Gasteiger partial charge in [0.2, 0.25) is 0 Å². The number of rotatable bonds is 6. The first-order valence-electron chi connectivity index (χ1n) is 10.6. The standard InChI is InChI=1S/C24H37NO/c1-19(2)18-24(9-8-21-6-4-20(3)5-7-21)25-14-10-22(11-15-25)23-12-16-26-17-13-23/h4-7,18,22-24H,8-17H2,1-3H3. The lowest BCUT2D eigenvalue weighted by Gasteiger charge is -2.40. The van der Waals surface area contributed by atoms with Crippen LogP contribution in [0.4, 0.5) is 0 Å². The summed E-state index contributed by atoms with van der Waals surface area (Å²) < 4.78 is 5.56. The first-order chi connectivity index (χ1) is 12.6. The van der Waals surface area contributed by atoms with E-state index in [0.29, 0.717) is 6.04 Å². The summed E-state index contributed by atoms with van der Waals surface area (Å²) >= 11 is 0. The van der Waals surface area contributed by atoms with Crippen molar-refractivity contribution >= 4 is 0 Å². The molecule has 0 aliphatic carbocycles. The van der Waals surface area contributed by atoms with Crippen molar-refractivity contribution < 1.29 is 4.74 Å². The molecule has 2 heterocycles. The normalized spacial score (nSPS) is 21.5. The summed E-state index contributed by atoms with van der Waals surface area (Å²) in [6.07, 6.45) is 10.2. The monoisotopic (exact) mass is 355 g/mol. The predicted molar refractivity (Wildman–Crippen MR) is 111 cm³/mol.